The molecule has 2 N–H and O–H groups in total. The Morgan fingerprint density at radius 2 is 1.54 bits per heavy atom. The molecule has 2 aromatic heterocycles. The van der Waals surface area contributed by atoms with Gasteiger partial charge >= 0.3 is 0 Å². The molecule has 0 bridgehead atoms. The van der Waals surface area contributed by atoms with Crippen LogP contribution in [0.4, 0.5) is 5.95 Å². The Labute approximate surface area is 303 Å². The molecule has 0 saturated carbocycles. The Morgan fingerprint density at radius 3 is 2.12 bits per heavy atom. The molecule has 0 spiro atoms. The number of aliphatic imine (C=N–C) groups is 1. The molecule has 274 valence electrons. The van der Waals surface area contributed by atoms with Crippen LogP contribution < -0.4 is 15.0 Å². The molecule has 3 heterocycles. The number of nitrogens with one attached hydrogen (secondary N) is 1. The Kier molecular flexibility index (Phi) is 11.9. The van der Waals surface area contributed by atoms with Crippen molar-refractivity contribution in [3.05, 3.63) is 106 Å². The first-order chi connectivity index (χ1) is 25.4. The smallest absolute Gasteiger partial charge is 0.282 e. The first-order valence-corrected chi connectivity index (χ1v) is 17.9. The van der Waals surface area contributed by atoms with E-state index in [4.69, 9.17) is 18.9 Å². The standard InChI is InChI=1S/C39H47N7O6/c1-5-7-22-45(23-8-6-2)26-40-38-41-36-35(37(48)42-38)43-44-46(36)34-24-32(47)33(52-34)25-51-39(27-12-10-9-11-13-27,28-14-18-30(49-3)19-15-28)29-16-20-31(50-4)21-17-29/h9-21,26,32-34,47H,5-8,22-25H2,1-4H3,(H,41,42,48)/b40-26+/t32-,33+,34+/m0/s1. The molecule has 1 saturated heterocycles. The third-order valence-corrected chi connectivity index (χ3v) is 9.38. The number of rotatable bonds is 17. The fourth-order valence-electron chi connectivity index (χ4n) is 6.47. The highest BCUT2D eigenvalue weighted by Crippen LogP contribution is 2.43. The van der Waals surface area contributed by atoms with Crippen LogP contribution in [0.2, 0.25) is 0 Å². The lowest BCUT2D eigenvalue weighted by Gasteiger charge is -2.37. The van der Waals surface area contributed by atoms with Crippen LogP contribution in [0.3, 0.4) is 0 Å². The zero-order chi connectivity index (χ0) is 36.5. The molecule has 3 aromatic carbocycles. The number of aliphatic hydroxyl groups excluding tert-OH is 1. The van der Waals surface area contributed by atoms with Gasteiger partial charge in [-0.25, -0.2) is 4.99 Å². The second-order valence-electron chi connectivity index (χ2n) is 12.8. The normalized spacial score (nSPS) is 17.6. The van der Waals surface area contributed by atoms with Crippen LogP contribution in [0.1, 0.15) is 68.9 Å². The Balaban J connectivity index is 1.29. The van der Waals surface area contributed by atoms with Gasteiger partial charge in [0, 0.05) is 19.5 Å². The first kappa shape index (κ1) is 36.7. The summed E-state index contributed by atoms with van der Waals surface area (Å²) in [4.78, 5) is 27.0. The van der Waals surface area contributed by atoms with Gasteiger partial charge in [-0.1, -0.05) is 86.5 Å². The van der Waals surface area contributed by atoms with Gasteiger partial charge in [-0.05, 0) is 53.8 Å². The van der Waals surface area contributed by atoms with Crippen molar-refractivity contribution < 1.29 is 24.1 Å². The maximum absolute atomic E-state index is 13.0. The number of hydrogen-bond acceptors (Lipinski definition) is 10. The second-order valence-corrected chi connectivity index (χ2v) is 12.8. The van der Waals surface area contributed by atoms with Crippen LogP contribution in [-0.4, -0.2) is 87.4 Å². The van der Waals surface area contributed by atoms with E-state index in [0.29, 0.717) is 11.5 Å². The van der Waals surface area contributed by atoms with E-state index in [0.717, 1.165) is 55.5 Å². The average Bonchev–Trinajstić information content (AvgIpc) is 3.78. The van der Waals surface area contributed by atoms with Gasteiger partial charge in [-0.3, -0.25) is 9.78 Å². The van der Waals surface area contributed by atoms with E-state index in [2.05, 4.69) is 44.0 Å². The van der Waals surface area contributed by atoms with E-state index in [9.17, 15) is 9.90 Å². The number of hydrogen-bond donors (Lipinski definition) is 2. The van der Waals surface area contributed by atoms with Crippen molar-refractivity contribution in [1.82, 2.24) is 29.9 Å². The van der Waals surface area contributed by atoms with Gasteiger partial charge in [0.2, 0.25) is 5.95 Å². The predicted molar refractivity (Wildman–Crippen MR) is 198 cm³/mol. The highest BCUT2D eigenvalue weighted by molar-refractivity contribution is 5.70. The number of methoxy groups -OCH3 is 2. The minimum absolute atomic E-state index is 0.0200. The monoisotopic (exact) mass is 709 g/mol. The largest absolute Gasteiger partial charge is 0.497 e. The number of ether oxygens (including phenoxy) is 4. The number of aromatic amines is 1. The van der Waals surface area contributed by atoms with E-state index in [1.807, 2.05) is 78.9 Å². The van der Waals surface area contributed by atoms with Crippen molar-refractivity contribution in [1.29, 1.82) is 0 Å². The summed E-state index contributed by atoms with van der Waals surface area (Å²) in [5.74, 6) is 1.57. The molecule has 13 nitrogen and oxygen atoms in total. The molecule has 13 heteroatoms. The third kappa shape index (κ3) is 7.86. The van der Waals surface area contributed by atoms with Gasteiger partial charge in [-0.2, -0.15) is 9.67 Å². The molecule has 0 amide bonds. The van der Waals surface area contributed by atoms with E-state index < -0.39 is 29.6 Å². The van der Waals surface area contributed by atoms with Crippen LogP contribution >= 0.6 is 0 Å². The minimum Gasteiger partial charge on any atom is -0.497 e. The zero-order valence-corrected chi connectivity index (χ0v) is 30.1. The Hall–Kier alpha value is -5.11. The third-order valence-electron chi connectivity index (χ3n) is 9.38. The van der Waals surface area contributed by atoms with Crippen LogP contribution in [0, 0.1) is 0 Å². The van der Waals surface area contributed by atoms with Crippen molar-refractivity contribution in [2.24, 2.45) is 4.99 Å². The summed E-state index contributed by atoms with van der Waals surface area (Å²) in [6, 6.07) is 25.4. The van der Waals surface area contributed by atoms with Gasteiger partial charge in [0.25, 0.3) is 5.56 Å². The molecule has 1 fully saturated rings. The van der Waals surface area contributed by atoms with Crippen LogP contribution in [0.15, 0.2) is 88.6 Å². The molecule has 6 rings (SSSR count). The topological polar surface area (TPSA) is 149 Å². The molecule has 0 radical (unpaired) electrons. The van der Waals surface area contributed by atoms with E-state index >= 15 is 0 Å². The molecular weight excluding hydrogens is 662 g/mol. The van der Waals surface area contributed by atoms with E-state index in [-0.39, 0.29) is 30.1 Å². The van der Waals surface area contributed by atoms with Crippen LogP contribution in [0.5, 0.6) is 11.5 Å². The van der Waals surface area contributed by atoms with E-state index in [1.54, 1.807) is 20.6 Å². The van der Waals surface area contributed by atoms with Crippen molar-refractivity contribution in [2.45, 2.75) is 70.0 Å². The SMILES string of the molecule is CCCCN(/C=N/c1nc2c(nnn2[C@H]2C[C@H](O)[C@@H](COC(c3ccccc3)(c3ccc(OC)cc3)c3ccc(OC)cc3)O2)c(=O)[nH]1)CCCC. The zero-order valence-electron chi connectivity index (χ0n) is 30.1. The Bertz CT molecular complexity index is 1910. The van der Waals surface area contributed by atoms with Gasteiger partial charge < -0.3 is 29.0 Å². The summed E-state index contributed by atoms with van der Waals surface area (Å²) in [6.45, 7) is 6.05. The van der Waals surface area contributed by atoms with Gasteiger partial charge in [0.15, 0.2) is 17.4 Å². The van der Waals surface area contributed by atoms with Gasteiger partial charge in [0.1, 0.15) is 23.2 Å². The van der Waals surface area contributed by atoms with Crippen molar-refractivity contribution in [3.63, 3.8) is 0 Å². The lowest BCUT2D eigenvalue weighted by atomic mass is 9.80. The fourth-order valence-corrected chi connectivity index (χ4v) is 6.47. The van der Waals surface area contributed by atoms with Crippen LogP contribution in [0.25, 0.3) is 11.2 Å². The number of aliphatic hydroxyl groups is 1. The Morgan fingerprint density at radius 1 is 0.942 bits per heavy atom. The number of nitrogens with zero attached hydrogens (tertiary/aromatic N) is 6. The second kappa shape index (κ2) is 16.9. The number of unbranched alkanes of at least 4 members (excludes halogenated alkanes) is 2. The highest BCUT2D eigenvalue weighted by atomic mass is 16.6. The summed E-state index contributed by atoms with van der Waals surface area (Å²) in [6.07, 6.45) is 3.72. The molecule has 3 atom stereocenters. The highest BCUT2D eigenvalue weighted by Gasteiger charge is 2.42. The fraction of sp³-hybridized carbons (Fsp3) is 0.410. The molecule has 52 heavy (non-hydrogen) atoms. The van der Waals surface area contributed by atoms with Crippen molar-refractivity contribution in [3.8, 4) is 11.5 Å². The number of fused-ring (bicyclic) bond motifs is 1. The van der Waals surface area contributed by atoms with Crippen LogP contribution in [-0.2, 0) is 15.1 Å². The summed E-state index contributed by atoms with van der Waals surface area (Å²) in [7, 11) is 3.26. The molecule has 1 aliphatic rings. The van der Waals surface area contributed by atoms with Crippen molar-refractivity contribution in [2.75, 3.05) is 33.9 Å². The number of benzene rings is 3. The molecular formula is C39H47N7O6. The molecule has 5 aromatic rings. The first-order valence-electron chi connectivity index (χ1n) is 17.9. The van der Waals surface area contributed by atoms with E-state index in [1.165, 1.54) is 4.68 Å². The maximum Gasteiger partial charge on any atom is 0.282 e. The number of H-pyrrole nitrogens is 1. The summed E-state index contributed by atoms with van der Waals surface area (Å²) < 4.78 is 25.8. The lowest BCUT2D eigenvalue weighted by molar-refractivity contribution is -0.0952. The van der Waals surface area contributed by atoms with Gasteiger partial charge in [0.05, 0.1) is 33.3 Å². The molecule has 1 aliphatic heterocycles. The minimum atomic E-state index is -1.09. The quantitative estimate of drug-likeness (QED) is 0.0695. The van der Waals surface area contributed by atoms with Gasteiger partial charge in [-0.15, -0.1) is 5.10 Å². The lowest BCUT2D eigenvalue weighted by Crippen LogP contribution is -2.38. The number of aromatic nitrogens is 5. The average molecular weight is 710 g/mol. The maximum atomic E-state index is 13.0. The summed E-state index contributed by atoms with van der Waals surface area (Å²) >= 11 is 0. The molecule has 0 unspecified atom stereocenters. The predicted octanol–water partition coefficient (Wildman–Crippen LogP) is 5.75. The summed E-state index contributed by atoms with van der Waals surface area (Å²) in [5, 5.41) is 19.7. The molecule has 0 aliphatic carbocycles. The summed E-state index contributed by atoms with van der Waals surface area (Å²) in [5.41, 5.74) is 1.33. The van der Waals surface area contributed by atoms with Crippen molar-refractivity contribution >= 4 is 23.5 Å².